The van der Waals surface area contributed by atoms with Gasteiger partial charge in [-0.1, -0.05) is 18.8 Å². The van der Waals surface area contributed by atoms with E-state index < -0.39 is 0 Å². The van der Waals surface area contributed by atoms with Gasteiger partial charge in [0, 0.05) is 30.4 Å². The first kappa shape index (κ1) is 21.4. The maximum absolute atomic E-state index is 11.9. The molecule has 0 aliphatic carbocycles. The molecular weight excluding hydrogens is 364 g/mol. The lowest BCUT2D eigenvalue weighted by Crippen LogP contribution is -2.36. The molecular formula is C19H30N4O3S. The Morgan fingerprint density at radius 1 is 1.07 bits per heavy atom. The zero-order valence-electron chi connectivity index (χ0n) is 15.7. The Kier molecular flexibility index (Phi) is 9.32. The van der Waals surface area contributed by atoms with Crippen molar-refractivity contribution >= 4 is 29.6 Å². The van der Waals surface area contributed by atoms with Crippen LogP contribution in [0.1, 0.15) is 51.4 Å². The molecule has 2 aliphatic rings. The number of urea groups is 1. The van der Waals surface area contributed by atoms with Crippen LogP contribution in [0.25, 0.3) is 0 Å². The normalized spacial score (nSPS) is 23.1. The van der Waals surface area contributed by atoms with Crippen molar-refractivity contribution in [3.05, 3.63) is 0 Å². The molecule has 2 fully saturated rings. The molecule has 7 nitrogen and oxygen atoms in total. The van der Waals surface area contributed by atoms with E-state index in [2.05, 4.69) is 27.2 Å². The third-order valence-electron chi connectivity index (χ3n) is 4.87. The summed E-state index contributed by atoms with van der Waals surface area (Å²) in [6, 6.07) is 0.451. The van der Waals surface area contributed by atoms with Crippen molar-refractivity contribution in [2.75, 3.05) is 18.8 Å². The number of carbonyl (C=O) groups excluding carboxylic acids is 3. The number of amides is 4. The first-order valence-electron chi connectivity index (χ1n) is 9.75. The summed E-state index contributed by atoms with van der Waals surface area (Å²) in [6.45, 7) is 0.936. The second-order valence-corrected chi connectivity index (χ2v) is 8.28. The lowest BCUT2D eigenvalue weighted by atomic mass is 10.0. The summed E-state index contributed by atoms with van der Waals surface area (Å²) in [5.41, 5.74) is 0. The standard InChI is InChI=1S/C19H30N4O3S/c1-2-11-20-16(24)9-4-3-7-12-21-17(25)10-6-5-8-15-18-14(13-27-15)22-19(26)23-18/h1,14-15,18H,3-13H2,(H,20,24)(H,21,25)(H2,22,23,26)/t14-,15?,18-/m0/s1. The molecule has 1 unspecified atom stereocenters. The predicted octanol–water partition coefficient (Wildman–Crippen LogP) is 1.14. The SMILES string of the molecule is C#CCNC(=O)CCCCCNC(=O)CCCCC1SC[C@@H]2NC(=O)N[C@H]12. The summed E-state index contributed by atoms with van der Waals surface area (Å²) >= 11 is 1.91. The van der Waals surface area contributed by atoms with E-state index >= 15 is 0 Å². The lowest BCUT2D eigenvalue weighted by molar-refractivity contribution is -0.122. The molecule has 0 aromatic heterocycles. The second-order valence-electron chi connectivity index (χ2n) is 7.01. The Hall–Kier alpha value is -1.88. The summed E-state index contributed by atoms with van der Waals surface area (Å²) in [6.07, 6.45) is 11.6. The Morgan fingerprint density at radius 3 is 2.59 bits per heavy atom. The van der Waals surface area contributed by atoms with Crippen LogP contribution in [0.15, 0.2) is 0 Å². The van der Waals surface area contributed by atoms with Gasteiger partial charge in [-0.05, 0) is 25.7 Å². The predicted molar refractivity (Wildman–Crippen MR) is 107 cm³/mol. The third kappa shape index (κ3) is 7.71. The van der Waals surface area contributed by atoms with E-state index in [1.807, 2.05) is 11.8 Å². The number of unbranched alkanes of at least 4 members (excludes halogenated alkanes) is 3. The Balaban J connectivity index is 1.41. The number of carbonyl (C=O) groups is 3. The molecule has 0 spiro atoms. The molecule has 0 aromatic carbocycles. The van der Waals surface area contributed by atoms with Crippen molar-refractivity contribution < 1.29 is 14.4 Å². The molecule has 150 valence electrons. The summed E-state index contributed by atoms with van der Waals surface area (Å²) < 4.78 is 0. The van der Waals surface area contributed by atoms with Crippen LogP contribution in [0.5, 0.6) is 0 Å². The fourth-order valence-corrected chi connectivity index (χ4v) is 4.96. The molecule has 8 heteroatoms. The average molecular weight is 395 g/mol. The van der Waals surface area contributed by atoms with Gasteiger partial charge in [0.1, 0.15) is 0 Å². The first-order chi connectivity index (χ1) is 13.1. The third-order valence-corrected chi connectivity index (χ3v) is 6.38. The number of rotatable bonds is 12. The van der Waals surface area contributed by atoms with Crippen LogP contribution in [-0.2, 0) is 9.59 Å². The van der Waals surface area contributed by atoms with Crippen LogP contribution in [-0.4, -0.2) is 54.0 Å². The summed E-state index contributed by atoms with van der Waals surface area (Å²) in [5, 5.41) is 12.0. The molecule has 4 N–H and O–H groups in total. The van der Waals surface area contributed by atoms with Crippen LogP contribution >= 0.6 is 11.8 Å². The molecule has 2 aliphatic heterocycles. The maximum atomic E-state index is 11.9. The van der Waals surface area contributed by atoms with Crippen molar-refractivity contribution in [2.24, 2.45) is 0 Å². The van der Waals surface area contributed by atoms with E-state index in [1.54, 1.807) is 0 Å². The smallest absolute Gasteiger partial charge is 0.315 e. The number of thioether (sulfide) groups is 1. The van der Waals surface area contributed by atoms with E-state index in [0.29, 0.717) is 24.6 Å². The van der Waals surface area contributed by atoms with Gasteiger partial charge < -0.3 is 21.3 Å². The van der Waals surface area contributed by atoms with Crippen LogP contribution < -0.4 is 21.3 Å². The molecule has 0 aromatic rings. The summed E-state index contributed by atoms with van der Waals surface area (Å²) in [4.78, 5) is 34.6. The van der Waals surface area contributed by atoms with E-state index in [9.17, 15) is 14.4 Å². The number of hydrogen-bond donors (Lipinski definition) is 4. The molecule has 0 bridgehead atoms. The number of fused-ring (bicyclic) bond motifs is 1. The maximum Gasteiger partial charge on any atom is 0.315 e. The van der Waals surface area contributed by atoms with Crippen LogP contribution in [0.2, 0.25) is 0 Å². The molecule has 3 atom stereocenters. The minimum Gasteiger partial charge on any atom is -0.356 e. The Bertz CT molecular complexity index is 564. The van der Waals surface area contributed by atoms with Gasteiger partial charge in [-0.25, -0.2) is 4.79 Å². The van der Waals surface area contributed by atoms with E-state index in [1.165, 1.54) is 0 Å². The van der Waals surface area contributed by atoms with Gasteiger partial charge in [-0.15, -0.1) is 6.42 Å². The van der Waals surface area contributed by atoms with Gasteiger partial charge in [-0.3, -0.25) is 9.59 Å². The second kappa shape index (κ2) is 11.8. The van der Waals surface area contributed by atoms with Gasteiger partial charge in [0.25, 0.3) is 0 Å². The first-order valence-corrected chi connectivity index (χ1v) is 10.8. The number of hydrogen-bond acceptors (Lipinski definition) is 4. The monoisotopic (exact) mass is 394 g/mol. The lowest BCUT2D eigenvalue weighted by Gasteiger charge is -2.16. The minimum atomic E-state index is -0.0529. The fraction of sp³-hybridized carbons (Fsp3) is 0.737. The topological polar surface area (TPSA) is 99.3 Å². The van der Waals surface area contributed by atoms with Crippen molar-refractivity contribution in [2.45, 2.75) is 68.7 Å². The van der Waals surface area contributed by atoms with Crippen molar-refractivity contribution in [3.63, 3.8) is 0 Å². The summed E-state index contributed by atoms with van der Waals surface area (Å²) in [5.74, 6) is 3.42. The molecule has 27 heavy (non-hydrogen) atoms. The van der Waals surface area contributed by atoms with Crippen molar-refractivity contribution in [1.29, 1.82) is 0 Å². The molecule has 0 saturated carbocycles. The molecule has 2 rings (SSSR count). The highest BCUT2D eigenvalue weighted by atomic mass is 32.2. The highest BCUT2D eigenvalue weighted by Gasteiger charge is 2.42. The zero-order valence-corrected chi connectivity index (χ0v) is 16.5. The van der Waals surface area contributed by atoms with Crippen molar-refractivity contribution in [3.8, 4) is 12.3 Å². The molecule has 4 amide bonds. The van der Waals surface area contributed by atoms with Crippen LogP contribution in [0, 0.1) is 12.3 Å². The van der Waals surface area contributed by atoms with E-state index in [0.717, 1.165) is 44.3 Å². The zero-order chi connectivity index (χ0) is 19.5. The fourth-order valence-electron chi connectivity index (χ4n) is 3.42. The van der Waals surface area contributed by atoms with Crippen LogP contribution in [0.4, 0.5) is 4.79 Å². The average Bonchev–Trinajstić information content (AvgIpc) is 3.19. The summed E-state index contributed by atoms with van der Waals surface area (Å²) in [7, 11) is 0. The van der Waals surface area contributed by atoms with Gasteiger partial charge in [0.15, 0.2) is 0 Å². The highest BCUT2D eigenvalue weighted by Crippen LogP contribution is 2.33. The molecule has 2 heterocycles. The largest absolute Gasteiger partial charge is 0.356 e. The number of nitrogens with one attached hydrogen (secondary N) is 4. The van der Waals surface area contributed by atoms with Gasteiger partial charge >= 0.3 is 6.03 Å². The van der Waals surface area contributed by atoms with Gasteiger partial charge in [-0.2, -0.15) is 11.8 Å². The minimum absolute atomic E-state index is 0.0170. The van der Waals surface area contributed by atoms with Crippen molar-refractivity contribution in [1.82, 2.24) is 21.3 Å². The van der Waals surface area contributed by atoms with Gasteiger partial charge in [0.05, 0.1) is 18.6 Å². The molecule has 2 saturated heterocycles. The van der Waals surface area contributed by atoms with E-state index in [4.69, 9.17) is 6.42 Å². The Morgan fingerprint density at radius 2 is 1.81 bits per heavy atom. The quantitative estimate of drug-likeness (QED) is 0.227. The number of terminal acetylenes is 1. The highest BCUT2D eigenvalue weighted by molar-refractivity contribution is 8.00. The Labute approximate surface area is 165 Å². The molecule has 0 radical (unpaired) electrons. The van der Waals surface area contributed by atoms with Crippen LogP contribution in [0.3, 0.4) is 0 Å². The van der Waals surface area contributed by atoms with E-state index in [-0.39, 0.29) is 36.5 Å². The van der Waals surface area contributed by atoms with Gasteiger partial charge in [0.2, 0.25) is 11.8 Å².